The third-order valence-corrected chi connectivity index (χ3v) is 6.67. The molecule has 4 rings (SSSR count). The molecule has 0 saturated carbocycles. The van der Waals surface area contributed by atoms with Gasteiger partial charge in [-0.25, -0.2) is 9.97 Å². The Bertz CT molecular complexity index is 1030. The van der Waals surface area contributed by atoms with Crippen LogP contribution in [-0.2, 0) is 12.8 Å². The molecule has 0 bridgehead atoms. The van der Waals surface area contributed by atoms with Crippen LogP contribution in [0.25, 0.3) is 22.5 Å². The number of hydrogen-bond acceptors (Lipinski definition) is 3. The summed E-state index contributed by atoms with van der Waals surface area (Å²) in [4.78, 5) is 9.14. The van der Waals surface area contributed by atoms with Gasteiger partial charge in [0, 0.05) is 5.56 Å². The number of rotatable bonds is 13. The van der Waals surface area contributed by atoms with E-state index in [0.717, 1.165) is 36.6 Å². The summed E-state index contributed by atoms with van der Waals surface area (Å²) in [5.74, 6) is 1.52. The molecule has 1 aliphatic rings. The molecule has 1 aromatic heterocycles. The molecular formula is C30H38N2O. The molecule has 3 heteroatoms. The Labute approximate surface area is 199 Å². The Hall–Kier alpha value is -2.68. The van der Waals surface area contributed by atoms with Crippen LogP contribution in [0.5, 0.6) is 5.75 Å². The van der Waals surface area contributed by atoms with Gasteiger partial charge in [-0.05, 0) is 59.6 Å². The van der Waals surface area contributed by atoms with Gasteiger partial charge in [-0.2, -0.15) is 0 Å². The first-order valence-electron chi connectivity index (χ1n) is 13.0. The van der Waals surface area contributed by atoms with E-state index in [0.29, 0.717) is 0 Å². The van der Waals surface area contributed by atoms with Crippen molar-refractivity contribution in [2.24, 2.45) is 0 Å². The highest BCUT2D eigenvalue weighted by molar-refractivity contribution is 5.79. The lowest BCUT2D eigenvalue weighted by atomic mass is 9.99. The number of fused-ring (bicyclic) bond motifs is 3. The SMILES string of the molecule is CCCCCCCc1ccc2c(c1)Cc1cc(-c3ncc(OCCCCCC)cn3)ccc1-2. The predicted molar refractivity (Wildman–Crippen MR) is 138 cm³/mol. The zero-order valence-electron chi connectivity index (χ0n) is 20.4. The number of aryl methyl sites for hydroxylation is 1. The average molecular weight is 443 g/mol. The van der Waals surface area contributed by atoms with Crippen molar-refractivity contribution >= 4 is 0 Å². The average Bonchev–Trinajstić information content (AvgIpc) is 3.21. The molecule has 0 amide bonds. The van der Waals surface area contributed by atoms with Gasteiger partial charge in [0.15, 0.2) is 11.6 Å². The fourth-order valence-corrected chi connectivity index (χ4v) is 4.75. The topological polar surface area (TPSA) is 35.0 Å². The van der Waals surface area contributed by atoms with Crippen LogP contribution in [0.15, 0.2) is 48.8 Å². The molecular weight excluding hydrogens is 404 g/mol. The lowest BCUT2D eigenvalue weighted by Gasteiger charge is -2.07. The van der Waals surface area contributed by atoms with E-state index in [2.05, 4.69) is 60.2 Å². The molecule has 3 nitrogen and oxygen atoms in total. The summed E-state index contributed by atoms with van der Waals surface area (Å²) in [6.07, 6.45) is 17.3. The quantitative estimate of drug-likeness (QED) is 0.196. The van der Waals surface area contributed by atoms with Crippen molar-refractivity contribution in [3.8, 4) is 28.3 Å². The maximum Gasteiger partial charge on any atom is 0.159 e. The molecule has 0 N–H and O–H groups in total. The molecule has 0 fully saturated rings. The highest BCUT2D eigenvalue weighted by Gasteiger charge is 2.19. The molecule has 0 spiro atoms. The van der Waals surface area contributed by atoms with Gasteiger partial charge in [-0.3, -0.25) is 0 Å². The highest BCUT2D eigenvalue weighted by Crippen LogP contribution is 2.38. The van der Waals surface area contributed by atoms with E-state index in [9.17, 15) is 0 Å². The minimum Gasteiger partial charge on any atom is -0.490 e. The molecule has 0 radical (unpaired) electrons. The smallest absolute Gasteiger partial charge is 0.159 e. The lowest BCUT2D eigenvalue weighted by Crippen LogP contribution is -1.99. The van der Waals surface area contributed by atoms with E-state index < -0.39 is 0 Å². The van der Waals surface area contributed by atoms with Crippen LogP contribution in [0.1, 0.15) is 88.3 Å². The molecule has 0 unspecified atom stereocenters. The summed E-state index contributed by atoms with van der Waals surface area (Å²) in [5, 5.41) is 0. The third-order valence-electron chi connectivity index (χ3n) is 6.67. The van der Waals surface area contributed by atoms with Crippen LogP contribution in [0.3, 0.4) is 0 Å². The van der Waals surface area contributed by atoms with E-state index >= 15 is 0 Å². The second kappa shape index (κ2) is 12.0. The van der Waals surface area contributed by atoms with Crippen molar-refractivity contribution in [1.82, 2.24) is 9.97 Å². The first-order valence-corrected chi connectivity index (χ1v) is 13.0. The van der Waals surface area contributed by atoms with Gasteiger partial charge >= 0.3 is 0 Å². The molecule has 0 aliphatic heterocycles. The van der Waals surface area contributed by atoms with Crippen molar-refractivity contribution in [1.29, 1.82) is 0 Å². The number of hydrogen-bond donors (Lipinski definition) is 0. The van der Waals surface area contributed by atoms with Crippen molar-refractivity contribution < 1.29 is 4.74 Å². The highest BCUT2D eigenvalue weighted by atomic mass is 16.5. The van der Waals surface area contributed by atoms with E-state index in [4.69, 9.17) is 4.74 Å². The fraction of sp³-hybridized carbons (Fsp3) is 0.467. The van der Waals surface area contributed by atoms with Crippen LogP contribution in [0.2, 0.25) is 0 Å². The Kier molecular flexibility index (Phi) is 8.52. The second-order valence-corrected chi connectivity index (χ2v) is 9.36. The first-order chi connectivity index (χ1) is 16.3. The molecule has 174 valence electrons. The number of benzene rings is 2. The molecule has 2 aromatic carbocycles. The molecule has 0 saturated heterocycles. The number of unbranched alkanes of at least 4 members (excludes halogenated alkanes) is 7. The molecule has 1 heterocycles. The minimum atomic E-state index is 0.737. The van der Waals surface area contributed by atoms with Crippen molar-refractivity contribution in [3.05, 3.63) is 65.5 Å². The summed E-state index contributed by atoms with van der Waals surface area (Å²) < 4.78 is 5.79. The largest absolute Gasteiger partial charge is 0.490 e. The third kappa shape index (κ3) is 6.22. The summed E-state index contributed by atoms with van der Waals surface area (Å²) in [7, 11) is 0. The second-order valence-electron chi connectivity index (χ2n) is 9.36. The van der Waals surface area contributed by atoms with Crippen LogP contribution >= 0.6 is 0 Å². The minimum absolute atomic E-state index is 0.737. The summed E-state index contributed by atoms with van der Waals surface area (Å²) in [5.41, 5.74) is 8.14. The fourth-order valence-electron chi connectivity index (χ4n) is 4.75. The van der Waals surface area contributed by atoms with Crippen molar-refractivity contribution in [3.63, 3.8) is 0 Å². The molecule has 33 heavy (non-hydrogen) atoms. The maximum absolute atomic E-state index is 5.79. The molecule has 1 aliphatic carbocycles. The van der Waals surface area contributed by atoms with E-state index in [1.54, 1.807) is 12.4 Å². The molecule has 3 aromatic rings. The van der Waals surface area contributed by atoms with Gasteiger partial charge in [0.1, 0.15) is 0 Å². The first kappa shape index (κ1) is 23.5. The number of nitrogens with zero attached hydrogens (tertiary/aromatic N) is 2. The Morgan fingerprint density at radius 1 is 0.727 bits per heavy atom. The van der Waals surface area contributed by atoms with E-state index in [-0.39, 0.29) is 0 Å². The van der Waals surface area contributed by atoms with Gasteiger partial charge < -0.3 is 4.74 Å². The van der Waals surface area contributed by atoms with Gasteiger partial charge in [0.2, 0.25) is 0 Å². The molecule has 0 atom stereocenters. The zero-order chi connectivity index (χ0) is 22.9. The van der Waals surface area contributed by atoms with E-state index in [1.165, 1.54) is 85.6 Å². The normalized spacial score (nSPS) is 11.9. The number of ether oxygens (including phenoxy) is 1. The Balaban J connectivity index is 1.36. The summed E-state index contributed by atoms with van der Waals surface area (Å²) in [6.45, 7) is 5.23. The van der Waals surface area contributed by atoms with Gasteiger partial charge in [-0.15, -0.1) is 0 Å². The predicted octanol–water partition coefficient (Wildman–Crippen LogP) is 8.19. The van der Waals surface area contributed by atoms with Gasteiger partial charge in [0.25, 0.3) is 0 Å². The van der Waals surface area contributed by atoms with Crippen LogP contribution < -0.4 is 4.74 Å². The standard InChI is InChI=1S/C30H38N2O/c1-3-5-7-9-10-12-23-13-15-28-25(18-23)20-26-19-24(14-16-29(26)28)30-31-21-27(22-32-30)33-17-11-8-6-4-2/h13-16,18-19,21-22H,3-12,17,20H2,1-2H3. The van der Waals surface area contributed by atoms with E-state index in [1.807, 2.05) is 0 Å². The monoisotopic (exact) mass is 442 g/mol. The van der Waals surface area contributed by atoms with Crippen LogP contribution in [0, 0.1) is 0 Å². The van der Waals surface area contributed by atoms with Crippen LogP contribution in [0.4, 0.5) is 0 Å². The maximum atomic E-state index is 5.79. The zero-order valence-corrected chi connectivity index (χ0v) is 20.4. The van der Waals surface area contributed by atoms with Crippen molar-refractivity contribution in [2.75, 3.05) is 6.61 Å². The van der Waals surface area contributed by atoms with Crippen LogP contribution in [-0.4, -0.2) is 16.6 Å². The summed E-state index contributed by atoms with van der Waals surface area (Å²) in [6, 6.07) is 13.7. The Morgan fingerprint density at radius 2 is 1.39 bits per heavy atom. The van der Waals surface area contributed by atoms with Gasteiger partial charge in [0.05, 0.1) is 19.0 Å². The lowest BCUT2D eigenvalue weighted by molar-refractivity contribution is 0.303. The number of aromatic nitrogens is 2. The summed E-state index contributed by atoms with van der Waals surface area (Å²) >= 11 is 0. The Morgan fingerprint density at radius 3 is 2.15 bits per heavy atom. The van der Waals surface area contributed by atoms with Gasteiger partial charge in [-0.1, -0.05) is 89.1 Å². The van der Waals surface area contributed by atoms with Crippen molar-refractivity contribution in [2.45, 2.75) is 84.5 Å².